The van der Waals surface area contributed by atoms with Gasteiger partial charge in [0.1, 0.15) is 18.5 Å². The Kier molecular flexibility index (Phi) is 3.58. The smallest absolute Gasteiger partial charge is 0.156 e. The molecule has 1 aliphatic rings. The van der Waals surface area contributed by atoms with E-state index in [1.807, 2.05) is 19.1 Å². The van der Waals surface area contributed by atoms with Crippen LogP contribution in [0.5, 0.6) is 0 Å². The largest absolute Gasteiger partial charge is 0.486 e. The van der Waals surface area contributed by atoms with Gasteiger partial charge in [-0.3, -0.25) is 0 Å². The van der Waals surface area contributed by atoms with Crippen molar-refractivity contribution in [3.63, 3.8) is 0 Å². The predicted octanol–water partition coefficient (Wildman–Crippen LogP) is 1.33. The Balaban J connectivity index is 2.64. The van der Waals surface area contributed by atoms with Gasteiger partial charge in [0.15, 0.2) is 5.76 Å². The summed E-state index contributed by atoms with van der Waals surface area (Å²) in [6.07, 6.45) is 5.32. The highest BCUT2D eigenvalue weighted by atomic mass is 16.6. The summed E-state index contributed by atoms with van der Waals surface area (Å²) in [6.45, 7) is 6.44. The number of rotatable bonds is 3. The van der Waals surface area contributed by atoms with Crippen LogP contribution in [0.2, 0.25) is 0 Å². The molecular formula is C10H15NO2. The summed E-state index contributed by atoms with van der Waals surface area (Å²) in [5.41, 5.74) is 5.45. The Morgan fingerprint density at radius 3 is 3.00 bits per heavy atom. The van der Waals surface area contributed by atoms with Crippen LogP contribution < -0.4 is 5.73 Å². The SMILES string of the molecule is C=C/C=C\C1=C(C)OC(CN)CO1. The summed E-state index contributed by atoms with van der Waals surface area (Å²) in [6, 6.07) is 0. The lowest BCUT2D eigenvalue weighted by molar-refractivity contribution is 0.00780. The highest BCUT2D eigenvalue weighted by Gasteiger charge is 2.17. The quantitative estimate of drug-likeness (QED) is 0.668. The van der Waals surface area contributed by atoms with Crippen LogP contribution in [0.1, 0.15) is 6.92 Å². The first-order valence-electron chi connectivity index (χ1n) is 4.27. The van der Waals surface area contributed by atoms with E-state index in [0.29, 0.717) is 13.2 Å². The van der Waals surface area contributed by atoms with Gasteiger partial charge in [0.05, 0.1) is 0 Å². The molecule has 0 amide bonds. The molecule has 1 unspecified atom stereocenters. The maximum absolute atomic E-state index is 5.49. The number of allylic oxidation sites excluding steroid dienone is 4. The van der Waals surface area contributed by atoms with Crippen molar-refractivity contribution in [1.29, 1.82) is 0 Å². The zero-order valence-electron chi connectivity index (χ0n) is 7.82. The second kappa shape index (κ2) is 4.72. The van der Waals surface area contributed by atoms with E-state index in [-0.39, 0.29) is 6.10 Å². The molecule has 0 aromatic carbocycles. The van der Waals surface area contributed by atoms with Crippen LogP contribution in [0.25, 0.3) is 0 Å². The molecule has 0 aliphatic carbocycles. The van der Waals surface area contributed by atoms with Gasteiger partial charge in [0.2, 0.25) is 0 Å². The molecule has 0 fully saturated rings. The van der Waals surface area contributed by atoms with Crippen molar-refractivity contribution in [2.45, 2.75) is 13.0 Å². The average molecular weight is 181 g/mol. The molecular weight excluding hydrogens is 166 g/mol. The van der Waals surface area contributed by atoms with E-state index in [0.717, 1.165) is 11.5 Å². The maximum atomic E-state index is 5.49. The number of nitrogens with two attached hydrogens (primary N) is 1. The summed E-state index contributed by atoms with van der Waals surface area (Å²) in [5, 5.41) is 0. The average Bonchev–Trinajstić information content (AvgIpc) is 2.16. The Morgan fingerprint density at radius 1 is 1.69 bits per heavy atom. The fourth-order valence-corrected chi connectivity index (χ4v) is 1.06. The third-order valence-electron chi connectivity index (χ3n) is 1.76. The minimum Gasteiger partial charge on any atom is -0.486 e. The molecule has 1 rings (SSSR count). The predicted molar refractivity (Wildman–Crippen MR) is 51.9 cm³/mol. The zero-order valence-corrected chi connectivity index (χ0v) is 7.82. The molecule has 2 N–H and O–H groups in total. The van der Waals surface area contributed by atoms with Crippen molar-refractivity contribution < 1.29 is 9.47 Å². The summed E-state index contributed by atoms with van der Waals surface area (Å²) in [5.74, 6) is 1.53. The summed E-state index contributed by atoms with van der Waals surface area (Å²) < 4.78 is 10.9. The van der Waals surface area contributed by atoms with Gasteiger partial charge in [-0.1, -0.05) is 18.7 Å². The van der Waals surface area contributed by atoms with Crippen LogP contribution >= 0.6 is 0 Å². The van der Waals surface area contributed by atoms with Gasteiger partial charge in [0.25, 0.3) is 0 Å². The molecule has 0 saturated heterocycles. The van der Waals surface area contributed by atoms with Crippen LogP contribution in [0.3, 0.4) is 0 Å². The molecule has 3 nitrogen and oxygen atoms in total. The van der Waals surface area contributed by atoms with Gasteiger partial charge in [0, 0.05) is 6.54 Å². The Hall–Kier alpha value is -1.22. The Labute approximate surface area is 78.5 Å². The standard InChI is InChI=1S/C10H15NO2/c1-3-4-5-10-8(2)13-9(6-11)7-12-10/h3-5,9H,1,6-7,11H2,2H3/b5-4-. The van der Waals surface area contributed by atoms with Crippen molar-refractivity contribution >= 4 is 0 Å². The second-order valence-electron chi connectivity index (χ2n) is 2.80. The van der Waals surface area contributed by atoms with E-state index in [1.54, 1.807) is 6.08 Å². The van der Waals surface area contributed by atoms with Gasteiger partial charge < -0.3 is 15.2 Å². The minimum atomic E-state index is -0.0131. The van der Waals surface area contributed by atoms with Crippen molar-refractivity contribution in [1.82, 2.24) is 0 Å². The highest BCUT2D eigenvalue weighted by Crippen LogP contribution is 2.17. The highest BCUT2D eigenvalue weighted by molar-refractivity contribution is 5.19. The Morgan fingerprint density at radius 2 is 2.46 bits per heavy atom. The molecule has 72 valence electrons. The molecule has 0 saturated carbocycles. The summed E-state index contributed by atoms with van der Waals surface area (Å²) in [7, 11) is 0. The second-order valence-corrected chi connectivity index (χ2v) is 2.80. The first-order valence-corrected chi connectivity index (χ1v) is 4.27. The molecule has 0 aromatic rings. The molecule has 1 heterocycles. The number of ether oxygens (including phenoxy) is 2. The molecule has 0 radical (unpaired) electrons. The Bertz CT molecular complexity index is 243. The maximum Gasteiger partial charge on any atom is 0.156 e. The normalized spacial score (nSPS) is 22.8. The summed E-state index contributed by atoms with van der Waals surface area (Å²) in [4.78, 5) is 0. The molecule has 0 bridgehead atoms. The van der Waals surface area contributed by atoms with Gasteiger partial charge >= 0.3 is 0 Å². The third kappa shape index (κ3) is 2.63. The molecule has 0 aromatic heterocycles. The molecule has 0 spiro atoms. The van der Waals surface area contributed by atoms with Gasteiger partial charge in [-0.2, -0.15) is 0 Å². The van der Waals surface area contributed by atoms with Crippen LogP contribution in [0.15, 0.2) is 36.3 Å². The van der Waals surface area contributed by atoms with E-state index >= 15 is 0 Å². The van der Waals surface area contributed by atoms with E-state index < -0.39 is 0 Å². The molecule has 3 heteroatoms. The van der Waals surface area contributed by atoms with E-state index in [9.17, 15) is 0 Å². The van der Waals surface area contributed by atoms with Crippen molar-refractivity contribution in [2.24, 2.45) is 5.73 Å². The van der Waals surface area contributed by atoms with Gasteiger partial charge in [-0.05, 0) is 13.0 Å². The van der Waals surface area contributed by atoms with Crippen molar-refractivity contribution in [3.05, 3.63) is 36.3 Å². The van der Waals surface area contributed by atoms with Crippen LogP contribution in [0, 0.1) is 0 Å². The topological polar surface area (TPSA) is 44.5 Å². The van der Waals surface area contributed by atoms with E-state index in [2.05, 4.69) is 6.58 Å². The zero-order chi connectivity index (χ0) is 9.68. The lowest BCUT2D eigenvalue weighted by Gasteiger charge is -2.25. The van der Waals surface area contributed by atoms with Gasteiger partial charge in [-0.15, -0.1) is 0 Å². The van der Waals surface area contributed by atoms with Crippen LogP contribution in [-0.2, 0) is 9.47 Å². The van der Waals surface area contributed by atoms with Crippen LogP contribution in [0.4, 0.5) is 0 Å². The summed E-state index contributed by atoms with van der Waals surface area (Å²) >= 11 is 0. The first kappa shape index (κ1) is 9.86. The fourth-order valence-electron chi connectivity index (χ4n) is 1.06. The van der Waals surface area contributed by atoms with E-state index in [4.69, 9.17) is 15.2 Å². The number of hydrogen-bond donors (Lipinski definition) is 1. The van der Waals surface area contributed by atoms with Crippen LogP contribution in [-0.4, -0.2) is 19.3 Å². The van der Waals surface area contributed by atoms with E-state index in [1.165, 1.54) is 0 Å². The van der Waals surface area contributed by atoms with Crippen molar-refractivity contribution in [3.8, 4) is 0 Å². The third-order valence-corrected chi connectivity index (χ3v) is 1.76. The fraction of sp³-hybridized carbons (Fsp3) is 0.400. The molecule has 13 heavy (non-hydrogen) atoms. The minimum absolute atomic E-state index is 0.0131. The molecule has 1 atom stereocenters. The monoisotopic (exact) mass is 181 g/mol. The van der Waals surface area contributed by atoms with Crippen molar-refractivity contribution in [2.75, 3.05) is 13.2 Å². The first-order chi connectivity index (χ1) is 6.27. The lowest BCUT2D eigenvalue weighted by Crippen LogP contribution is -2.31. The lowest BCUT2D eigenvalue weighted by atomic mass is 10.3. The number of hydrogen-bond acceptors (Lipinski definition) is 3. The molecule has 1 aliphatic heterocycles. The van der Waals surface area contributed by atoms with Gasteiger partial charge in [-0.25, -0.2) is 0 Å².